The minimum atomic E-state index is -1.78. The van der Waals surface area contributed by atoms with Crippen molar-refractivity contribution >= 4 is 22.3 Å². The highest BCUT2D eigenvalue weighted by Gasteiger charge is 2.38. The summed E-state index contributed by atoms with van der Waals surface area (Å²) < 4.78 is 12.7. The van der Waals surface area contributed by atoms with Crippen LogP contribution in [-0.4, -0.2) is 16.6 Å². The number of hydrogen-bond acceptors (Lipinski definition) is 3. The molecule has 25 heavy (non-hydrogen) atoms. The van der Waals surface area contributed by atoms with E-state index in [9.17, 15) is 0 Å². The lowest BCUT2D eigenvalue weighted by molar-refractivity contribution is 0.272. The third-order valence-electron chi connectivity index (χ3n) is 6.08. The van der Waals surface area contributed by atoms with Crippen molar-refractivity contribution in [2.45, 2.75) is 91.0 Å². The first kappa shape index (κ1) is 22.4. The summed E-state index contributed by atoms with van der Waals surface area (Å²) in [5, 5.41) is 0.398. The summed E-state index contributed by atoms with van der Waals surface area (Å²) in [6.45, 7) is 23.8. The van der Waals surface area contributed by atoms with Gasteiger partial charge >= 0.3 is 0 Å². The van der Waals surface area contributed by atoms with E-state index in [-0.39, 0.29) is 10.1 Å². The van der Waals surface area contributed by atoms with Crippen molar-refractivity contribution in [3.05, 3.63) is 29.3 Å². The largest absolute Gasteiger partial charge is 0.412 e. The Bertz CT molecular complexity index is 536. The van der Waals surface area contributed by atoms with Gasteiger partial charge in [-0.15, -0.1) is 0 Å². The number of hydrogen-bond donors (Lipinski definition) is 1. The van der Waals surface area contributed by atoms with Crippen LogP contribution in [0, 0.1) is 0 Å². The summed E-state index contributed by atoms with van der Waals surface area (Å²) in [5.74, 6) is 0. The Morgan fingerprint density at radius 1 is 0.760 bits per heavy atom. The van der Waals surface area contributed by atoms with E-state index in [1.54, 1.807) is 0 Å². The van der Waals surface area contributed by atoms with Crippen molar-refractivity contribution in [1.29, 1.82) is 0 Å². The molecule has 0 heterocycles. The monoisotopic (exact) mass is 381 g/mol. The Morgan fingerprint density at radius 3 is 1.36 bits per heavy atom. The van der Waals surface area contributed by atoms with Crippen molar-refractivity contribution in [3.63, 3.8) is 0 Å². The van der Waals surface area contributed by atoms with Gasteiger partial charge in [0.1, 0.15) is 0 Å². The van der Waals surface area contributed by atoms with E-state index < -0.39 is 16.6 Å². The van der Waals surface area contributed by atoms with Crippen molar-refractivity contribution in [3.8, 4) is 0 Å². The van der Waals surface area contributed by atoms with Gasteiger partial charge in [0.2, 0.25) is 0 Å². The zero-order chi connectivity index (χ0) is 19.7. The van der Waals surface area contributed by atoms with Crippen LogP contribution in [0.5, 0.6) is 0 Å². The van der Waals surface area contributed by atoms with E-state index >= 15 is 0 Å². The molecule has 0 aromatic heterocycles. The van der Waals surface area contributed by atoms with Crippen molar-refractivity contribution in [2.24, 2.45) is 0 Å². The van der Waals surface area contributed by atoms with Crippen molar-refractivity contribution in [2.75, 3.05) is 5.73 Å². The van der Waals surface area contributed by atoms with Crippen LogP contribution in [0.25, 0.3) is 0 Å². The maximum absolute atomic E-state index is 6.43. The van der Waals surface area contributed by atoms with Gasteiger partial charge in [-0.25, -0.2) is 0 Å². The van der Waals surface area contributed by atoms with E-state index in [0.29, 0.717) is 13.2 Å². The fourth-order valence-corrected chi connectivity index (χ4v) is 3.77. The molecule has 2 N–H and O–H groups in total. The molecule has 0 aliphatic carbocycles. The topological polar surface area (TPSA) is 44.5 Å². The first-order valence-corrected chi connectivity index (χ1v) is 15.0. The molecular weight excluding hydrogens is 342 g/mol. The van der Waals surface area contributed by atoms with Gasteiger partial charge in [-0.1, -0.05) is 59.7 Å². The Morgan fingerprint density at radius 2 is 1.08 bits per heavy atom. The third-order valence-corrected chi connectivity index (χ3v) is 15.0. The maximum atomic E-state index is 6.43. The quantitative estimate of drug-likeness (QED) is 0.463. The number of rotatable bonds is 6. The molecule has 0 radical (unpaired) electrons. The summed E-state index contributed by atoms with van der Waals surface area (Å²) >= 11 is 0. The van der Waals surface area contributed by atoms with Gasteiger partial charge in [0.05, 0.1) is 13.2 Å². The van der Waals surface area contributed by atoms with E-state index in [1.807, 2.05) is 0 Å². The highest BCUT2D eigenvalue weighted by atomic mass is 28.4. The normalized spacial score (nSPS) is 14.0. The predicted molar refractivity (Wildman–Crippen MR) is 115 cm³/mol. The summed E-state index contributed by atoms with van der Waals surface area (Å²) in [6.07, 6.45) is 0. The summed E-state index contributed by atoms with van der Waals surface area (Å²) in [5.41, 5.74) is 9.39. The van der Waals surface area contributed by atoms with E-state index in [0.717, 1.165) is 16.8 Å². The molecular formula is C20H39NO2Si2. The fourth-order valence-electron chi connectivity index (χ4n) is 1.87. The van der Waals surface area contributed by atoms with Crippen LogP contribution in [0.1, 0.15) is 52.7 Å². The molecule has 0 aliphatic rings. The fraction of sp³-hybridized carbons (Fsp3) is 0.700. The molecule has 3 nitrogen and oxygen atoms in total. The van der Waals surface area contributed by atoms with Gasteiger partial charge in [0.15, 0.2) is 16.6 Å². The molecule has 0 amide bonds. The predicted octanol–water partition coefficient (Wildman–Crippen LogP) is 6.31. The lowest BCUT2D eigenvalue weighted by atomic mass is 10.1. The SMILES string of the molecule is CC(C)(C)[Si](C)(C)OCc1cccc(CO[Si](C)(C)C(C)(C)C)c1N. The molecule has 1 rings (SSSR count). The number of anilines is 1. The molecule has 5 heteroatoms. The molecule has 0 saturated heterocycles. The van der Waals surface area contributed by atoms with Gasteiger partial charge in [0, 0.05) is 5.69 Å². The molecule has 0 aliphatic heterocycles. The van der Waals surface area contributed by atoms with Crippen LogP contribution in [0.3, 0.4) is 0 Å². The second-order valence-electron chi connectivity index (χ2n) is 10.1. The minimum absolute atomic E-state index is 0.199. The first-order chi connectivity index (χ1) is 11.1. The number of benzene rings is 1. The number of para-hydroxylation sites is 1. The van der Waals surface area contributed by atoms with Gasteiger partial charge in [-0.2, -0.15) is 0 Å². The van der Waals surface area contributed by atoms with Crippen LogP contribution < -0.4 is 5.73 Å². The standard InChI is InChI=1S/C20H39NO2Si2/c1-19(2,3)24(7,8)22-14-16-12-11-13-17(18(16)21)15-23-25(9,10)20(4,5)6/h11-13H,14-15,21H2,1-10H3. The van der Waals surface area contributed by atoms with Gasteiger partial charge in [-0.05, 0) is 47.4 Å². The Kier molecular flexibility index (Phi) is 6.77. The number of nitrogen functional groups attached to an aromatic ring is 1. The summed E-state index contributed by atoms with van der Waals surface area (Å²) in [7, 11) is -3.56. The Hall–Kier alpha value is -0.626. The average molecular weight is 382 g/mol. The molecule has 0 bridgehead atoms. The van der Waals surface area contributed by atoms with E-state index in [2.05, 4.69) is 85.9 Å². The Labute approximate surface area is 157 Å². The van der Waals surface area contributed by atoms with Crippen molar-refractivity contribution in [1.82, 2.24) is 0 Å². The van der Waals surface area contributed by atoms with Crippen LogP contribution in [0.15, 0.2) is 18.2 Å². The van der Waals surface area contributed by atoms with E-state index in [4.69, 9.17) is 14.6 Å². The number of nitrogens with two attached hydrogens (primary N) is 1. The zero-order valence-electron chi connectivity index (χ0n) is 18.0. The molecule has 0 unspecified atom stereocenters. The lowest BCUT2D eigenvalue weighted by Crippen LogP contribution is -2.40. The maximum Gasteiger partial charge on any atom is 0.192 e. The molecule has 1 aromatic rings. The lowest BCUT2D eigenvalue weighted by Gasteiger charge is -2.37. The van der Waals surface area contributed by atoms with Crippen LogP contribution >= 0.6 is 0 Å². The van der Waals surface area contributed by atoms with Gasteiger partial charge < -0.3 is 14.6 Å². The molecule has 0 atom stereocenters. The molecule has 0 fully saturated rings. The third kappa shape index (κ3) is 5.68. The second kappa shape index (κ2) is 7.55. The molecule has 144 valence electrons. The van der Waals surface area contributed by atoms with Crippen LogP contribution in [0.4, 0.5) is 5.69 Å². The Balaban J connectivity index is 2.87. The van der Waals surface area contributed by atoms with Gasteiger partial charge in [-0.3, -0.25) is 0 Å². The molecule has 0 spiro atoms. The minimum Gasteiger partial charge on any atom is -0.412 e. The van der Waals surface area contributed by atoms with Crippen LogP contribution in [0.2, 0.25) is 36.3 Å². The smallest absolute Gasteiger partial charge is 0.192 e. The van der Waals surface area contributed by atoms with E-state index in [1.165, 1.54) is 0 Å². The molecule has 0 saturated carbocycles. The van der Waals surface area contributed by atoms with Gasteiger partial charge in [0.25, 0.3) is 0 Å². The van der Waals surface area contributed by atoms with Crippen molar-refractivity contribution < 1.29 is 8.85 Å². The molecule has 1 aromatic carbocycles. The zero-order valence-corrected chi connectivity index (χ0v) is 20.0. The first-order valence-electron chi connectivity index (χ1n) is 9.23. The average Bonchev–Trinajstić information content (AvgIpc) is 2.42. The highest BCUT2D eigenvalue weighted by Crippen LogP contribution is 2.38. The second-order valence-corrected chi connectivity index (χ2v) is 19.7. The summed E-state index contributed by atoms with van der Waals surface area (Å²) in [6, 6.07) is 6.20. The summed E-state index contributed by atoms with van der Waals surface area (Å²) in [4.78, 5) is 0. The van der Waals surface area contributed by atoms with Crippen LogP contribution in [-0.2, 0) is 22.1 Å². The highest BCUT2D eigenvalue weighted by molar-refractivity contribution is 6.74.